The lowest BCUT2D eigenvalue weighted by atomic mass is 10.1. The van der Waals surface area contributed by atoms with Crippen LogP contribution < -0.4 is 0 Å². The smallest absolute Gasteiger partial charge is 0.337 e. The number of fused-ring (bicyclic) bond motifs is 1. The fourth-order valence-electron chi connectivity index (χ4n) is 2.31. The van der Waals surface area contributed by atoms with Crippen LogP contribution in [0.3, 0.4) is 0 Å². The number of carbonyl (C=O) groups excluding carboxylic acids is 1. The van der Waals surface area contributed by atoms with E-state index in [1.165, 1.54) is 17.3 Å². The van der Waals surface area contributed by atoms with E-state index >= 15 is 0 Å². The predicted octanol–water partition coefficient (Wildman–Crippen LogP) is 1.75. The normalized spacial score (nSPS) is 19.8. The van der Waals surface area contributed by atoms with Crippen LogP contribution in [0.4, 0.5) is 13.2 Å². The molecule has 2 aromatic rings. The summed E-state index contributed by atoms with van der Waals surface area (Å²) >= 11 is 0. The van der Waals surface area contributed by atoms with Crippen LogP contribution in [0, 0.1) is 5.92 Å². The first-order chi connectivity index (χ1) is 9.45. The first-order valence-corrected chi connectivity index (χ1v) is 6.11. The maximum Gasteiger partial charge on any atom is 0.393 e. The molecule has 20 heavy (non-hydrogen) atoms. The first-order valence-electron chi connectivity index (χ1n) is 6.11. The summed E-state index contributed by atoms with van der Waals surface area (Å²) in [4.78, 5) is 21.3. The van der Waals surface area contributed by atoms with Gasteiger partial charge in [0.15, 0.2) is 0 Å². The average Bonchev–Trinajstić information content (AvgIpc) is 3.04. The van der Waals surface area contributed by atoms with Crippen molar-refractivity contribution in [1.29, 1.82) is 0 Å². The zero-order valence-corrected chi connectivity index (χ0v) is 10.3. The molecule has 0 aromatic carbocycles. The third kappa shape index (κ3) is 2.21. The molecule has 1 fully saturated rings. The largest absolute Gasteiger partial charge is 0.393 e. The van der Waals surface area contributed by atoms with Gasteiger partial charge in [-0.1, -0.05) is 0 Å². The fourth-order valence-corrected chi connectivity index (χ4v) is 2.31. The Kier molecular flexibility index (Phi) is 2.88. The second-order valence-electron chi connectivity index (χ2n) is 4.73. The maximum atomic E-state index is 12.6. The number of imidazole rings is 1. The standard InChI is InChI=1S/C12H11F3N4O/c13-12(14,15)8-2-5-18(6-8)10(20)9-7-19-4-1-3-16-11(19)17-9/h1,3-4,7-8H,2,5-6H2. The Morgan fingerprint density at radius 1 is 1.40 bits per heavy atom. The van der Waals surface area contributed by atoms with E-state index in [2.05, 4.69) is 9.97 Å². The van der Waals surface area contributed by atoms with Crippen molar-refractivity contribution in [2.24, 2.45) is 5.92 Å². The van der Waals surface area contributed by atoms with Crippen molar-refractivity contribution in [3.05, 3.63) is 30.4 Å². The number of hydrogen-bond donors (Lipinski definition) is 0. The van der Waals surface area contributed by atoms with Crippen LogP contribution in [0.1, 0.15) is 16.9 Å². The van der Waals surface area contributed by atoms with Crippen molar-refractivity contribution in [2.75, 3.05) is 13.1 Å². The van der Waals surface area contributed by atoms with E-state index in [1.807, 2.05) is 0 Å². The molecule has 0 N–H and O–H groups in total. The van der Waals surface area contributed by atoms with Gasteiger partial charge in [0.05, 0.1) is 5.92 Å². The number of hydrogen-bond acceptors (Lipinski definition) is 3. The highest BCUT2D eigenvalue weighted by atomic mass is 19.4. The number of aromatic nitrogens is 3. The number of rotatable bonds is 1. The molecule has 1 aliphatic heterocycles. The van der Waals surface area contributed by atoms with Gasteiger partial charge in [0.2, 0.25) is 5.78 Å². The van der Waals surface area contributed by atoms with E-state index in [1.54, 1.807) is 16.7 Å². The topological polar surface area (TPSA) is 50.5 Å². The number of alkyl halides is 3. The molecule has 8 heteroatoms. The zero-order chi connectivity index (χ0) is 14.3. The molecule has 3 heterocycles. The van der Waals surface area contributed by atoms with Gasteiger partial charge in [-0.05, 0) is 12.5 Å². The molecule has 106 valence electrons. The summed E-state index contributed by atoms with van der Waals surface area (Å²) in [7, 11) is 0. The Hall–Kier alpha value is -2.12. The summed E-state index contributed by atoms with van der Waals surface area (Å²) in [5.74, 6) is -1.58. The Morgan fingerprint density at radius 2 is 2.20 bits per heavy atom. The minimum absolute atomic E-state index is 0.0547. The quantitative estimate of drug-likeness (QED) is 0.801. The highest BCUT2D eigenvalue weighted by Gasteiger charge is 2.44. The Balaban J connectivity index is 1.80. The predicted molar refractivity (Wildman–Crippen MR) is 63.1 cm³/mol. The third-order valence-electron chi connectivity index (χ3n) is 3.39. The van der Waals surface area contributed by atoms with Gasteiger partial charge in [-0.2, -0.15) is 13.2 Å². The summed E-state index contributed by atoms with van der Waals surface area (Å²) < 4.78 is 39.4. The zero-order valence-electron chi connectivity index (χ0n) is 10.3. The van der Waals surface area contributed by atoms with Gasteiger partial charge < -0.3 is 4.90 Å². The Labute approximate surface area is 112 Å². The molecule has 1 saturated heterocycles. The van der Waals surface area contributed by atoms with Crippen LogP contribution in [0.25, 0.3) is 5.78 Å². The summed E-state index contributed by atoms with van der Waals surface area (Å²) in [5.41, 5.74) is 0.117. The molecule has 2 aromatic heterocycles. The summed E-state index contributed by atoms with van der Waals surface area (Å²) in [6.45, 7) is -0.200. The van der Waals surface area contributed by atoms with Gasteiger partial charge in [0, 0.05) is 31.7 Å². The van der Waals surface area contributed by atoms with Crippen molar-refractivity contribution < 1.29 is 18.0 Å². The lowest BCUT2D eigenvalue weighted by Crippen LogP contribution is -2.32. The maximum absolute atomic E-state index is 12.6. The second-order valence-corrected chi connectivity index (χ2v) is 4.73. The molecular formula is C12H11F3N4O. The number of amides is 1. The molecule has 1 aliphatic rings. The van der Waals surface area contributed by atoms with Crippen LogP contribution in [0.5, 0.6) is 0 Å². The van der Waals surface area contributed by atoms with E-state index in [0.717, 1.165) is 0 Å². The molecule has 3 rings (SSSR count). The van der Waals surface area contributed by atoms with Gasteiger partial charge in [-0.15, -0.1) is 0 Å². The van der Waals surface area contributed by atoms with Gasteiger partial charge in [-0.3, -0.25) is 9.20 Å². The molecule has 0 radical (unpaired) electrons. The average molecular weight is 284 g/mol. The van der Waals surface area contributed by atoms with E-state index < -0.39 is 18.0 Å². The number of halogens is 3. The minimum Gasteiger partial charge on any atom is -0.337 e. The molecule has 0 bridgehead atoms. The SMILES string of the molecule is O=C(c1cn2cccnc2n1)N1CCC(C(F)(F)F)C1. The molecule has 0 aliphatic carbocycles. The van der Waals surface area contributed by atoms with Crippen LogP contribution >= 0.6 is 0 Å². The van der Waals surface area contributed by atoms with Gasteiger partial charge in [-0.25, -0.2) is 9.97 Å². The van der Waals surface area contributed by atoms with Gasteiger partial charge in [0.25, 0.3) is 5.91 Å². The number of carbonyl (C=O) groups is 1. The van der Waals surface area contributed by atoms with Gasteiger partial charge >= 0.3 is 6.18 Å². The van der Waals surface area contributed by atoms with E-state index in [-0.39, 0.29) is 25.2 Å². The fraction of sp³-hybridized carbons (Fsp3) is 0.417. The molecule has 1 atom stereocenters. The van der Waals surface area contributed by atoms with Crippen molar-refractivity contribution in [1.82, 2.24) is 19.3 Å². The Morgan fingerprint density at radius 3 is 2.85 bits per heavy atom. The monoisotopic (exact) mass is 284 g/mol. The van der Waals surface area contributed by atoms with Crippen LogP contribution in [0.2, 0.25) is 0 Å². The van der Waals surface area contributed by atoms with Crippen molar-refractivity contribution in [3.8, 4) is 0 Å². The van der Waals surface area contributed by atoms with E-state index in [0.29, 0.717) is 5.78 Å². The minimum atomic E-state index is -4.25. The van der Waals surface area contributed by atoms with Gasteiger partial charge in [0.1, 0.15) is 5.69 Å². The summed E-state index contributed by atoms with van der Waals surface area (Å²) in [6, 6.07) is 1.68. The lowest BCUT2D eigenvalue weighted by molar-refractivity contribution is -0.169. The molecule has 0 saturated carbocycles. The van der Waals surface area contributed by atoms with E-state index in [9.17, 15) is 18.0 Å². The van der Waals surface area contributed by atoms with Crippen molar-refractivity contribution in [3.63, 3.8) is 0 Å². The van der Waals surface area contributed by atoms with E-state index in [4.69, 9.17) is 0 Å². The molecule has 1 unspecified atom stereocenters. The lowest BCUT2D eigenvalue weighted by Gasteiger charge is -2.16. The van der Waals surface area contributed by atoms with Crippen LogP contribution in [-0.2, 0) is 0 Å². The first kappa shape index (κ1) is 12.9. The molecule has 0 spiro atoms. The van der Waals surface area contributed by atoms with Crippen molar-refractivity contribution in [2.45, 2.75) is 12.6 Å². The molecular weight excluding hydrogens is 273 g/mol. The van der Waals surface area contributed by atoms with Crippen LogP contribution in [-0.4, -0.2) is 44.4 Å². The third-order valence-corrected chi connectivity index (χ3v) is 3.39. The molecule has 5 nitrogen and oxygen atoms in total. The number of likely N-dealkylation sites (tertiary alicyclic amines) is 1. The summed E-state index contributed by atoms with van der Waals surface area (Å²) in [6.07, 6.45) is 0.378. The van der Waals surface area contributed by atoms with Crippen molar-refractivity contribution >= 4 is 11.7 Å². The molecule has 1 amide bonds. The summed E-state index contributed by atoms with van der Waals surface area (Å²) in [5, 5.41) is 0. The van der Waals surface area contributed by atoms with Crippen LogP contribution in [0.15, 0.2) is 24.7 Å². The second kappa shape index (κ2) is 4.46. The Bertz CT molecular complexity index is 618. The highest BCUT2D eigenvalue weighted by molar-refractivity contribution is 5.93. The number of nitrogens with zero attached hydrogens (tertiary/aromatic N) is 4. The highest BCUT2D eigenvalue weighted by Crippen LogP contribution is 2.33.